The average molecular weight is 279 g/mol. The first-order valence-electron chi connectivity index (χ1n) is 6.96. The molecule has 0 radical (unpaired) electrons. The molecule has 20 heavy (non-hydrogen) atoms. The van der Waals surface area contributed by atoms with Crippen molar-refractivity contribution in [3.63, 3.8) is 0 Å². The Morgan fingerprint density at radius 1 is 1.40 bits per heavy atom. The second-order valence-electron chi connectivity index (χ2n) is 4.69. The molecule has 1 unspecified atom stereocenters. The van der Waals surface area contributed by atoms with Gasteiger partial charge in [0.15, 0.2) is 11.5 Å². The number of hydrogen-bond acceptors (Lipinski definition) is 5. The van der Waals surface area contributed by atoms with Gasteiger partial charge in [-0.25, -0.2) is 4.79 Å². The van der Waals surface area contributed by atoms with Gasteiger partial charge in [0, 0.05) is 6.04 Å². The van der Waals surface area contributed by atoms with Crippen LogP contribution in [0.1, 0.15) is 30.1 Å². The summed E-state index contributed by atoms with van der Waals surface area (Å²) in [5, 5.41) is 3.37. The number of nitrogens with one attached hydrogen (secondary N) is 1. The summed E-state index contributed by atoms with van der Waals surface area (Å²) in [4.78, 5) is 11.7. The predicted octanol–water partition coefficient (Wildman–Crippen LogP) is 2.00. The van der Waals surface area contributed by atoms with Crippen LogP contribution in [0.2, 0.25) is 0 Å². The number of carbonyl (C=O) groups is 1. The van der Waals surface area contributed by atoms with Crippen molar-refractivity contribution in [2.24, 2.45) is 0 Å². The molecule has 1 saturated heterocycles. The molecular formula is C15H21NO4. The third-order valence-corrected chi connectivity index (χ3v) is 3.28. The molecule has 0 amide bonds. The van der Waals surface area contributed by atoms with Crippen molar-refractivity contribution < 1.29 is 19.0 Å². The largest absolute Gasteiger partial charge is 0.493 e. The van der Waals surface area contributed by atoms with E-state index in [0.29, 0.717) is 36.3 Å². The van der Waals surface area contributed by atoms with Gasteiger partial charge < -0.3 is 19.5 Å². The molecule has 1 N–H and O–H groups in total. The lowest BCUT2D eigenvalue weighted by atomic mass is 10.2. The second-order valence-corrected chi connectivity index (χ2v) is 4.69. The summed E-state index contributed by atoms with van der Waals surface area (Å²) in [7, 11) is 1.56. The Kier molecular flexibility index (Phi) is 5.24. The van der Waals surface area contributed by atoms with Crippen molar-refractivity contribution in [2.75, 3.05) is 26.9 Å². The van der Waals surface area contributed by atoms with Crippen LogP contribution in [-0.2, 0) is 4.74 Å². The smallest absolute Gasteiger partial charge is 0.338 e. The van der Waals surface area contributed by atoms with Gasteiger partial charge in [0.2, 0.25) is 0 Å². The van der Waals surface area contributed by atoms with Crippen LogP contribution in [0.4, 0.5) is 0 Å². The first-order chi connectivity index (χ1) is 9.74. The lowest BCUT2D eigenvalue weighted by Crippen LogP contribution is -2.28. The van der Waals surface area contributed by atoms with E-state index in [4.69, 9.17) is 14.2 Å². The molecule has 5 heteroatoms. The van der Waals surface area contributed by atoms with Crippen molar-refractivity contribution in [3.05, 3.63) is 23.8 Å². The number of methoxy groups -OCH3 is 1. The van der Waals surface area contributed by atoms with E-state index in [9.17, 15) is 4.79 Å². The van der Waals surface area contributed by atoms with Crippen LogP contribution in [0.3, 0.4) is 0 Å². The molecule has 0 aromatic heterocycles. The number of benzene rings is 1. The Balaban J connectivity index is 2.03. The van der Waals surface area contributed by atoms with Crippen LogP contribution in [0.15, 0.2) is 18.2 Å². The van der Waals surface area contributed by atoms with E-state index in [1.54, 1.807) is 32.2 Å². The molecule has 1 aromatic carbocycles. The molecular weight excluding hydrogens is 258 g/mol. The Labute approximate surface area is 119 Å². The zero-order valence-corrected chi connectivity index (χ0v) is 12.0. The van der Waals surface area contributed by atoms with Crippen LogP contribution in [0.25, 0.3) is 0 Å². The average Bonchev–Trinajstić information content (AvgIpc) is 2.98. The Morgan fingerprint density at radius 2 is 2.25 bits per heavy atom. The fourth-order valence-electron chi connectivity index (χ4n) is 2.22. The highest BCUT2D eigenvalue weighted by Gasteiger charge is 2.16. The van der Waals surface area contributed by atoms with Gasteiger partial charge in [-0.2, -0.15) is 0 Å². The Bertz CT molecular complexity index is 455. The fraction of sp³-hybridized carbons (Fsp3) is 0.533. The number of esters is 1. The van der Waals surface area contributed by atoms with E-state index < -0.39 is 0 Å². The Morgan fingerprint density at radius 3 is 2.90 bits per heavy atom. The number of ether oxygens (including phenoxy) is 3. The summed E-state index contributed by atoms with van der Waals surface area (Å²) in [5.74, 6) is 0.845. The third kappa shape index (κ3) is 3.63. The lowest BCUT2D eigenvalue weighted by molar-refractivity contribution is 0.0526. The molecule has 1 heterocycles. The molecule has 2 rings (SSSR count). The molecule has 1 aliphatic heterocycles. The molecule has 5 nitrogen and oxygen atoms in total. The minimum Gasteiger partial charge on any atom is -0.493 e. The van der Waals surface area contributed by atoms with Gasteiger partial charge in [0.1, 0.15) is 6.61 Å². The second kappa shape index (κ2) is 7.14. The zero-order valence-electron chi connectivity index (χ0n) is 12.0. The van der Waals surface area contributed by atoms with E-state index in [-0.39, 0.29) is 5.97 Å². The van der Waals surface area contributed by atoms with Crippen LogP contribution >= 0.6 is 0 Å². The van der Waals surface area contributed by atoms with Gasteiger partial charge >= 0.3 is 5.97 Å². The van der Waals surface area contributed by atoms with Crippen molar-refractivity contribution in [1.82, 2.24) is 5.32 Å². The molecule has 110 valence electrons. The molecule has 0 aliphatic carbocycles. The van der Waals surface area contributed by atoms with Gasteiger partial charge in [-0.15, -0.1) is 0 Å². The molecule has 0 spiro atoms. The molecule has 1 aliphatic rings. The highest BCUT2D eigenvalue weighted by molar-refractivity contribution is 5.90. The summed E-state index contributed by atoms with van der Waals surface area (Å²) in [6, 6.07) is 5.48. The monoisotopic (exact) mass is 279 g/mol. The zero-order chi connectivity index (χ0) is 14.4. The summed E-state index contributed by atoms with van der Waals surface area (Å²) < 4.78 is 16.0. The van der Waals surface area contributed by atoms with Crippen molar-refractivity contribution in [2.45, 2.75) is 25.8 Å². The van der Waals surface area contributed by atoms with E-state index in [0.717, 1.165) is 13.0 Å². The normalized spacial score (nSPS) is 17.8. The minimum absolute atomic E-state index is 0.352. The van der Waals surface area contributed by atoms with Gasteiger partial charge in [-0.1, -0.05) is 0 Å². The van der Waals surface area contributed by atoms with Crippen LogP contribution in [0.5, 0.6) is 11.5 Å². The van der Waals surface area contributed by atoms with Crippen molar-refractivity contribution in [3.8, 4) is 11.5 Å². The van der Waals surface area contributed by atoms with Crippen LogP contribution < -0.4 is 14.8 Å². The number of rotatable bonds is 6. The van der Waals surface area contributed by atoms with E-state index in [2.05, 4.69) is 5.32 Å². The van der Waals surface area contributed by atoms with Gasteiger partial charge in [0.05, 0.1) is 19.3 Å². The maximum Gasteiger partial charge on any atom is 0.338 e. The predicted molar refractivity (Wildman–Crippen MR) is 75.5 cm³/mol. The summed E-state index contributed by atoms with van der Waals surface area (Å²) in [5.41, 5.74) is 0.468. The topological polar surface area (TPSA) is 56.8 Å². The third-order valence-electron chi connectivity index (χ3n) is 3.28. The maximum absolute atomic E-state index is 11.7. The highest BCUT2D eigenvalue weighted by atomic mass is 16.5. The van der Waals surface area contributed by atoms with E-state index >= 15 is 0 Å². The fourth-order valence-corrected chi connectivity index (χ4v) is 2.22. The minimum atomic E-state index is -0.352. The maximum atomic E-state index is 11.7. The lowest BCUT2D eigenvalue weighted by Gasteiger charge is -2.15. The van der Waals surface area contributed by atoms with Gasteiger partial charge in [-0.3, -0.25) is 0 Å². The quantitative estimate of drug-likeness (QED) is 0.807. The van der Waals surface area contributed by atoms with Crippen molar-refractivity contribution in [1.29, 1.82) is 0 Å². The van der Waals surface area contributed by atoms with Gasteiger partial charge in [0.25, 0.3) is 0 Å². The summed E-state index contributed by atoms with van der Waals surface area (Å²) in [6.07, 6.45) is 2.32. The highest BCUT2D eigenvalue weighted by Crippen LogP contribution is 2.28. The SMILES string of the molecule is CCOC(=O)c1ccc(OCC2CCCN2)c(OC)c1. The molecule has 1 atom stereocenters. The first-order valence-corrected chi connectivity index (χ1v) is 6.96. The molecule has 1 fully saturated rings. The number of hydrogen-bond donors (Lipinski definition) is 1. The molecule has 0 saturated carbocycles. The van der Waals surface area contributed by atoms with Crippen LogP contribution in [-0.4, -0.2) is 38.9 Å². The Hall–Kier alpha value is -1.75. The van der Waals surface area contributed by atoms with E-state index in [1.165, 1.54) is 6.42 Å². The molecule has 0 bridgehead atoms. The summed E-state index contributed by atoms with van der Waals surface area (Å²) >= 11 is 0. The van der Waals surface area contributed by atoms with Crippen molar-refractivity contribution >= 4 is 5.97 Å². The molecule has 1 aromatic rings. The standard InChI is InChI=1S/C15H21NO4/c1-3-19-15(17)11-6-7-13(14(9-11)18-2)20-10-12-5-4-8-16-12/h6-7,9,12,16H,3-5,8,10H2,1-2H3. The summed E-state index contributed by atoms with van der Waals surface area (Å²) in [6.45, 7) is 3.79. The first kappa shape index (κ1) is 14.7. The number of carbonyl (C=O) groups excluding carboxylic acids is 1. The van der Waals surface area contributed by atoms with Gasteiger partial charge in [-0.05, 0) is 44.5 Å². The van der Waals surface area contributed by atoms with E-state index in [1.807, 2.05) is 0 Å². The van der Waals surface area contributed by atoms with Crippen LogP contribution in [0, 0.1) is 0 Å².